The van der Waals surface area contributed by atoms with E-state index in [-0.39, 0.29) is 5.56 Å². The van der Waals surface area contributed by atoms with Gasteiger partial charge in [0.05, 0.1) is 32.0 Å². The second kappa shape index (κ2) is 5.05. The summed E-state index contributed by atoms with van der Waals surface area (Å²) >= 11 is 0. The van der Waals surface area contributed by atoms with Crippen molar-refractivity contribution in [3.05, 3.63) is 23.9 Å². The Kier molecular flexibility index (Phi) is 3.47. The quantitative estimate of drug-likeness (QED) is 0.868. The predicted octanol–water partition coefficient (Wildman–Crippen LogP) is 1.39. The van der Waals surface area contributed by atoms with Gasteiger partial charge in [-0.3, -0.25) is 4.68 Å². The fourth-order valence-electron chi connectivity index (χ4n) is 1.80. The Labute approximate surface area is 104 Å². The van der Waals surface area contributed by atoms with Gasteiger partial charge in [-0.2, -0.15) is 5.10 Å². The molecule has 96 valence electrons. The fourth-order valence-corrected chi connectivity index (χ4v) is 1.80. The standard InChI is InChI=1S/C12H14N2O4/c1-17-4-3-14-10-6-11(18-2)9(12(15)16)5-8(10)7-13-14/h5-7H,3-4H2,1-2H3,(H,15,16). The third-order valence-electron chi connectivity index (χ3n) is 2.70. The molecule has 1 aromatic carbocycles. The van der Waals surface area contributed by atoms with Crippen molar-refractivity contribution < 1.29 is 19.4 Å². The molecule has 0 aliphatic rings. The van der Waals surface area contributed by atoms with E-state index in [4.69, 9.17) is 14.6 Å². The Hall–Kier alpha value is -2.08. The van der Waals surface area contributed by atoms with Crippen molar-refractivity contribution >= 4 is 16.9 Å². The van der Waals surface area contributed by atoms with Crippen molar-refractivity contribution in [1.29, 1.82) is 0 Å². The molecule has 6 heteroatoms. The van der Waals surface area contributed by atoms with E-state index >= 15 is 0 Å². The minimum atomic E-state index is -1.02. The van der Waals surface area contributed by atoms with Crippen molar-refractivity contribution in [2.24, 2.45) is 0 Å². The summed E-state index contributed by atoms with van der Waals surface area (Å²) in [7, 11) is 3.07. The van der Waals surface area contributed by atoms with Gasteiger partial charge in [0.2, 0.25) is 0 Å². The zero-order valence-corrected chi connectivity index (χ0v) is 10.2. The fraction of sp³-hybridized carbons (Fsp3) is 0.333. The third-order valence-corrected chi connectivity index (χ3v) is 2.70. The molecule has 2 aromatic rings. The first-order valence-corrected chi connectivity index (χ1v) is 5.43. The van der Waals surface area contributed by atoms with Crippen molar-refractivity contribution in [3.63, 3.8) is 0 Å². The number of hydrogen-bond donors (Lipinski definition) is 1. The van der Waals surface area contributed by atoms with Gasteiger partial charge in [-0.25, -0.2) is 4.79 Å². The monoisotopic (exact) mass is 250 g/mol. The molecule has 1 N–H and O–H groups in total. The van der Waals surface area contributed by atoms with Crippen LogP contribution < -0.4 is 4.74 Å². The van der Waals surface area contributed by atoms with Crippen LogP contribution in [-0.4, -0.2) is 41.7 Å². The predicted molar refractivity (Wildman–Crippen MR) is 65.1 cm³/mol. The molecule has 0 amide bonds. The summed E-state index contributed by atoms with van der Waals surface area (Å²) in [6.07, 6.45) is 1.64. The molecule has 6 nitrogen and oxygen atoms in total. The average molecular weight is 250 g/mol. The smallest absolute Gasteiger partial charge is 0.339 e. The molecule has 18 heavy (non-hydrogen) atoms. The molecule has 0 aliphatic carbocycles. The molecule has 2 rings (SSSR count). The Balaban J connectivity index is 2.51. The summed E-state index contributed by atoms with van der Waals surface area (Å²) in [5.41, 5.74) is 0.963. The molecule has 0 atom stereocenters. The van der Waals surface area contributed by atoms with Gasteiger partial charge in [0.15, 0.2) is 0 Å². The number of benzene rings is 1. The van der Waals surface area contributed by atoms with Gasteiger partial charge in [-0.15, -0.1) is 0 Å². The van der Waals surface area contributed by atoms with E-state index in [1.807, 2.05) is 0 Å². The zero-order chi connectivity index (χ0) is 13.1. The molecule has 0 saturated carbocycles. The molecule has 0 bridgehead atoms. The van der Waals surface area contributed by atoms with E-state index in [1.54, 1.807) is 30.1 Å². The molecule has 0 aliphatic heterocycles. The first-order chi connectivity index (χ1) is 8.67. The number of ether oxygens (including phenoxy) is 2. The lowest BCUT2D eigenvalue weighted by Crippen LogP contribution is -2.06. The Bertz CT molecular complexity index is 577. The first-order valence-electron chi connectivity index (χ1n) is 5.43. The summed E-state index contributed by atoms with van der Waals surface area (Å²) in [6, 6.07) is 3.24. The van der Waals surface area contributed by atoms with Crippen LogP contribution in [0.4, 0.5) is 0 Å². The number of rotatable bonds is 5. The highest BCUT2D eigenvalue weighted by Gasteiger charge is 2.14. The van der Waals surface area contributed by atoms with Gasteiger partial charge in [-0.1, -0.05) is 0 Å². The number of aromatic carboxylic acids is 1. The van der Waals surface area contributed by atoms with Crippen molar-refractivity contribution in [1.82, 2.24) is 9.78 Å². The van der Waals surface area contributed by atoms with E-state index in [2.05, 4.69) is 5.10 Å². The largest absolute Gasteiger partial charge is 0.496 e. The van der Waals surface area contributed by atoms with Gasteiger partial charge < -0.3 is 14.6 Å². The summed E-state index contributed by atoms with van der Waals surface area (Å²) in [5, 5.41) is 14.0. The van der Waals surface area contributed by atoms with Crippen LogP contribution in [0.2, 0.25) is 0 Å². The van der Waals surface area contributed by atoms with Gasteiger partial charge in [0.1, 0.15) is 11.3 Å². The summed E-state index contributed by atoms with van der Waals surface area (Å²) in [5.74, 6) is -0.687. The van der Waals surface area contributed by atoms with Crippen LogP contribution in [0.3, 0.4) is 0 Å². The average Bonchev–Trinajstić information content (AvgIpc) is 2.76. The van der Waals surface area contributed by atoms with Crippen LogP contribution in [0.1, 0.15) is 10.4 Å². The molecule has 0 unspecified atom stereocenters. The lowest BCUT2D eigenvalue weighted by atomic mass is 10.1. The normalized spacial score (nSPS) is 10.8. The lowest BCUT2D eigenvalue weighted by Gasteiger charge is -2.07. The first kappa shape index (κ1) is 12.4. The van der Waals surface area contributed by atoms with Crippen LogP contribution in [0, 0.1) is 0 Å². The number of carboxylic acid groups (broad SMARTS) is 1. The molecule has 0 spiro atoms. The highest BCUT2D eigenvalue weighted by Crippen LogP contribution is 2.25. The maximum Gasteiger partial charge on any atom is 0.339 e. The van der Waals surface area contributed by atoms with Crippen LogP contribution in [0.5, 0.6) is 5.75 Å². The topological polar surface area (TPSA) is 73.6 Å². The minimum Gasteiger partial charge on any atom is -0.496 e. The van der Waals surface area contributed by atoms with Crippen LogP contribution >= 0.6 is 0 Å². The Morgan fingerprint density at radius 1 is 1.44 bits per heavy atom. The molecule has 0 fully saturated rings. The second-order valence-electron chi connectivity index (χ2n) is 3.78. The summed E-state index contributed by atoms with van der Waals surface area (Å²) in [4.78, 5) is 11.1. The number of carbonyl (C=O) groups is 1. The minimum absolute atomic E-state index is 0.135. The summed E-state index contributed by atoms with van der Waals surface area (Å²) in [6.45, 7) is 1.15. The van der Waals surface area contributed by atoms with Crippen molar-refractivity contribution in [3.8, 4) is 5.75 Å². The van der Waals surface area contributed by atoms with E-state index in [0.29, 0.717) is 18.9 Å². The van der Waals surface area contributed by atoms with Crippen molar-refractivity contribution in [2.45, 2.75) is 6.54 Å². The zero-order valence-electron chi connectivity index (χ0n) is 10.2. The maximum atomic E-state index is 11.1. The molecular weight excluding hydrogens is 236 g/mol. The van der Waals surface area contributed by atoms with Crippen LogP contribution in [0.15, 0.2) is 18.3 Å². The number of aromatic nitrogens is 2. The third kappa shape index (κ3) is 2.14. The van der Waals surface area contributed by atoms with Gasteiger partial charge in [-0.05, 0) is 6.07 Å². The highest BCUT2D eigenvalue weighted by atomic mass is 16.5. The molecule has 1 aromatic heterocycles. The van der Waals surface area contributed by atoms with E-state index in [1.165, 1.54) is 7.11 Å². The Morgan fingerprint density at radius 2 is 2.22 bits per heavy atom. The van der Waals surface area contributed by atoms with Gasteiger partial charge in [0.25, 0.3) is 0 Å². The van der Waals surface area contributed by atoms with Gasteiger partial charge in [0, 0.05) is 18.6 Å². The van der Waals surface area contributed by atoms with Crippen molar-refractivity contribution in [2.75, 3.05) is 20.8 Å². The maximum absolute atomic E-state index is 11.1. The molecule has 0 radical (unpaired) electrons. The number of methoxy groups -OCH3 is 2. The molecule has 0 saturated heterocycles. The highest BCUT2D eigenvalue weighted by molar-refractivity contribution is 5.96. The SMILES string of the molecule is COCCn1ncc2cc(C(=O)O)c(OC)cc21. The van der Waals surface area contributed by atoms with E-state index < -0.39 is 5.97 Å². The molecule has 1 heterocycles. The number of carboxylic acids is 1. The van der Waals surface area contributed by atoms with E-state index in [0.717, 1.165) is 10.9 Å². The number of hydrogen-bond acceptors (Lipinski definition) is 4. The summed E-state index contributed by atoms with van der Waals surface area (Å²) < 4.78 is 11.8. The number of nitrogens with zero attached hydrogens (tertiary/aromatic N) is 2. The second-order valence-corrected chi connectivity index (χ2v) is 3.78. The Morgan fingerprint density at radius 3 is 2.83 bits per heavy atom. The van der Waals surface area contributed by atoms with Gasteiger partial charge >= 0.3 is 5.97 Å². The van der Waals surface area contributed by atoms with E-state index in [9.17, 15) is 4.79 Å². The van der Waals surface area contributed by atoms with Crippen LogP contribution in [0.25, 0.3) is 10.9 Å². The lowest BCUT2D eigenvalue weighted by molar-refractivity contribution is 0.0693. The van der Waals surface area contributed by atoms with Crippen LogP contribution in [-0.2, 0) is 11.3 Å². The molecular formula is C12H14N2O4. The number of fused-ring (bicyclic) bond motifs is 1.